The summed E-state index contributed by atoms with van der Waals surface area (Å²) in [4.78, 5) is -1.10. The fourth-order valence-electron chi connectivity index (χ4n) is 1.66. The van der Waals surface area contributed by atoms with Gasteiger partial charge in [0.05, 0.1) is 22.0 Å². The van der Waals surface area contributed by atoms with Crippen molar-refractivity contribution in [2.24, 2.45) is 0 Å². The average Bonchev–Trinajstić information content (AvgIpc) is 2.33. The molecule has 21 heavy (non-hydrogen) atoms. The van der Waals surface area contributed by atoms with Crippen LogP contribution >= 0.6 is 0 Å². The van der Waals surface area contributed by atoms with E-state index in [-0.39, 0.29) is 12.8 Å². The summed E-state index contributed by atoms with van der Waals surface area (Å²) in [5, 5.41) is 0. The van der Waals surface area contributed by atoms with Gasteiger partial charge >= 0.3 is 0 Å². The largest absolute Gasteiger partial charge is 0.364 e. The molecule has 0 aromatic carbocycles. The van der Waals surface area contributed by atoms with Crippen LogP contribution in [0.1, 0.15) is 39.5 Å². The SMILES string of the molecule is C=C(C(CCC)OC(CCC)C(=C)S(=O)(=O)O)S(=O)(=O)O. The molecule has 0 amide bonds. The lowest BCUT2D eigenvalue weighted by atomic mass is 10.1. The van der Waals surface area contributed by atoms with Gasteiger partial charge in [-0.1, -0.05) is 39.8 Å². The van der Waals surface area contributed by atoms with E-state index < -0.39 is 42.3 Å². The Labute approximate surface area is 126 Å². The number of hydrogen-bond donors (Lipinski definition) is 2. The van der Waals surface area contributed by atoms with Crippen LogP contribution in [0.25, 0.3) is 0 Å². The van der Waals surface area contributed by atoms with Crippen molar-refractivity contribution >= 4 is 20.2 Å². The van der Waals surface area contributed by atoms with E-state index in [1.807, 2.05) is 0 Å². The first-order valence-corrected chi connectivity index (χ1v) is 9.31. The first-order chi connectivity index (χ1) is 9.45. The van der Waals surface area contributed by atoms with E-state index in [9.17, 15) is 16.8 Å². The molecule has 0 aromatic rings. The fraction of sp³-hybridized carbons (Fsp3) is 0.667. The second kappa shape index (κ2) is 8.04. The second-order valence-electron chi connectivity index (χ2n) is 4.57. The first kappa shape index (κ1) is 20.3. The zero-order valence-corrected chi connectivity index (χ0v) is 13.8. The Hall–Kier alpha value is -0.740. The molecule has 2 N–H and O–H groups in total. The van der Waals surface area contributed by atoms with E-state index in [4.69, 9.17) is 13.8 Å². The van der Waals surface area contributed by atoms with Crippen LogP contribution in [0, 0.1) is 0 Å². The summed E-state index contributed by atoms with van der Waals surface area (Å²) in [6.07, 6.45) is -0.678. The Morgan fingerprint density at radius 3 is 1.38 bits per heavy atom. The summed E-state index contributed by atoms with van der Waals surface area (Å²) in [6.45, 7) is 10.1. The number of rotatable bonds is 10. The van der Waals surface area contributed by atoms with Gasteiger partial charge in [-0.25, -0.2) is 0 Å². The monoisotopic (exact) mass is 342 g/mol. The third-order valence-corrected chi connectivity index (χ3v) is 4.66. The molecular formula is C12H22O7S2. The summed E-state index contributed by atoms with van der Waals surface area (Å²) in [7, 11) is -9.01. The lowest BCUT2D eigenvalue weighted by Crippen LogP contribution is -2.29. The van der Waals surface area contributed by atoms with Gasteiger partial charge in [-0.15, -0.1) is 0 Å². The van der Waals surface area contributed by atoms with Crippen LogP contribution in [0.3, 0.4) is 0 Å². The highest BCUT2D eigenvalue weighted by atomic mass is 32.2. The fourth-order valence-corrected chi connectivity index (χ4v) is 2.68. The second-order valence-corrected chi connectivity index (χ2v) is 7.52. The average molecular weight is 342 g/mol. The minimum atomic E-state index is -4.51. The summed E-state index contributed by atoms with van der Waals surface area (Å²) in [5.74, 6) is 0. The Balaban J connectivity index is 5.35. The molecule has 0 spiro atoms. The van der Waals surface area contributed by atoms with Crippen molar-refractivity contribution < 1.29 is 30.7 Å². The molecule has 0 heterocycles. The van der Waals surface area contributed by atoms with E-state index in [0.29, 0.717) is 12.8 Å². The molecular weight excluding hydrogens is 320 g/mol. The minimum absolute atomic E-state index is 0.220. The van der Waals surface area contributed by atoms with Gasteiger partial charge in [0.25, 0.3) is 20.2 Å². The van der Waals surface area contributed by atoms with Crippen molar-refractivity contribution in [2.75, 3.05) is 0 Å². The van der Waals surface area contributed by atoms with Gasteiger partial charge in [-0.3, -0.25) is 9.11 Å². The Bertz CT molecular complexity index is 523. The van der Waals surface area contributed by atoms with Crippen LogP contribution < -0.4 is 0 Å². The zero-order chi connectivity index (χ0) is 16.8. The number of hydrogen-bond acceptors (Lipinski definition) is 5. The van der Waals surface area contributed by atoms with Crippen molar-refractivity contribution in [3.8, 4) is 0 Å². The van der Waals surface area contributed by atoms with E-state index in [1.165, 1.54) is 0 Å². The molecule has 2 atom stereocenters. The maximum absolute atomic E-state index is 11.1. The third kappa shape index (κ3) is 6.70. The van der Waals surface area contributed by atoms with E-state index in [0.717, 1.165) is 0 Å². The topological polar surface area (TPSA) is 118 Å². The zero-order valence-electron chi connectivity index (χ0n) is 12.1. The van der Waals surface area contributed by atoms with Crippen LogP contribution in [0.2, 0.25) is 0 Å². The summed E-state index contributed by atoms with van der Waals surface area (Å²) >= 11 is 0. The highest BCUT2D eigenvalue weighted by molar-refractivity contribution is 7.90. The Kier molecular flexibility index (Phi) is 7.76. The Morgan fingerprint density at radius 1 is 0.905 bits per heavy atom. The highest BCUT2D eigenvalue weighted by Crippen LogP contribution is 2.24. The van der Waals surface area contributed by atoms with Crippen molar-refractivity contribution in [3.05, 3.63) is 23.0 Å². The maximum atomic E-state index is 11.1. The molecule has 0 aromatic heterocycles. The smallest absolute Gasteiger partial charge is 0.292 e. The Morgan fingerprint density at radius 2 is 1.19 bits per heavy atom. The molecule has 0 fully saturated rings. The van der Waals surface area contributed by atoms with Gasteiger partial charge in [0.1, 0.15) is 0 Å². The maximum Gasteiger partial charge on any atom is 0.292 e. The van der Waals surface area contributed by atoms with Crippen molar-refractivity contribution in [1.82, 2.24) is 0 Å². The van der Waals surface area contributed by atoms with Crippen LogP contribution in [0.15, 0.2) is 23.0 Å². The molecule has 0 bridgehead atoms. The van der Waals surface area contributed by atoms with Crippen LogP contribution in [-0.2, 0) is 25.0 Å². The van der Waals surface area contributed by atoms with Crippen molar-refractivity contribution in [3.63, 3.8) is 0 Å². The normalized spacial score (nSPS) is 15.4. The molecule has 9 heteroatoms. The van der Waals surface area contributed by atoms with Gasteiger partial charge in [0.15, 0.2) is 0 Å². The molecule has 2 unspecified atom stereocenters. The van der Waals surface area contributed by atoms with E-state index in [1.54, 1.807) is 13.8 Å². The third-order valence-electron chi connectivity index (χ3n) is 2.81. The standard InChI is InChI=1S/C12H22O7S2/c1-5-7-11(9(3)20(13,14)15)19-12(8-6-2)10(4)21(16,17)18/h11-12H,3-8H2,1-2H3,(H,13,14,15)(H,16,17,18). The van der Waals surface area contributed by atoms with E-state index in [2.05, 4.69) is 13.2 Å². The van der Waals surface area contributed by atoms with Gasteiger partial charge in [0, 0.05) is 0 Å². The van der Waals surface area contributed by atoms with Gasteiger partial charge < -0.3 is 4.74 Å². The highest BCUT2D eigenvalue weighted by Gasteiger charge is 2.30. The van der Waals surface area contributed by atoms with Gasteiger partial charge in [-0.05, 0) is 12.8 Å². The van der Waals surface area contributed by atoms with Gasteiger partial charge in [0.2, 0.25) is 0 Å². The molecule has 7 nitrogen and oxygen atoms in total. The lowest BCUT2D eigenvalue weighted by Gasteiger charge is -2.25. The van der Waals surface area contributed by atoms with Crippen LogP contribution in [0.4, 0.5) is 0 Å². The van der Waals surface area contributed by atoms with Crippen molar-refractivity contribution in [2.45, 2.75) is 51.7 Å². The lowest BCUT2D eigenvalue weighted by molar-refractivity contribution is 0.0258. The van der Waals surface area contributed by atoms with Gasteiger partial charge in [-0.2, -0.15) is 16.8 Å². The molecule has 0 rings (SSSR count). The molecule has 0 aliphatic rings. The van der Waals surface area contributed by atoms with E-state index >= 15 is 0 Å². The molecule has 0 aliphatic heterocycles. The summed E-state index contributed by atoms with van der Waals surface area (Å²) in [6, 6.07) is 0. The molecule has 0 saturated carbocycles. The minimum Gasteiger partial charge on any atom is -0.364 e. The molecule has 0 aliphatic carbocycles. The molecule has 124 valence electrons. The van der Waals surface area contributed by atoms with Crippen LogP contribution in [-0.4, -0.2) is 38.1 Å². The molecule has 0 saturated heterocycles. The quantitative estimate of drug-likeness (QED) is 0.584. The van der Waals surface area contributed by atoms with Crippen molar-refractivity contribution in [1.29, 1.82) is 0 Å². The number of ether oxygens (including phenoxy) is 1. The summed E-state index contributed by atoms with van der Waals surface area (Å²) < 4.78 is 68.0. The predicted molar refractivity (Wildman–Crippen MR) is 79.9 cm³/mol. The summed E-state index contributed by atoms with van der Waals surface area (Å²) in [5.41, 5.74) is 0. The predicted octanol–water partition coefficient (Wildman–Crippen LogP) is 2.14. The van der Waals surface area contributed by atoms with Crippen LogP contribution in [0.5, 0.6) is 0 Å². The molecule has 0 radical (unpaired) electrons. The first-order valence-electron chi connectivity index (χ1n) is 6.43.